The van der Waals surface area contributed by atoms with Crippen molar-refractivity contribution in [1.29, 1.82) is 0 Å². The monoisotopic (exact) mass is 1690 g/mol. The van der Waals surface area contributed by atoms with Gasteiger partial charge in [-0.2, -0.15) is 0 Å². The van der Waals surface area contributed by atoms with Crippen molar-refractivity contribution in [2.45, 2.75) is 378 Å². The molecule has 0 aromatic heterocycles. The highest BCUT2D eigenvalue weighted by Crippen LogP contribution is 2.88. The third-order valence-corrected chi connectivity index (χ3v) is 44.9. The largest absolute Gasteiger partial charge is 0.458 e. The second kappa shape index (κ2) is 28.8. The number of Topliss-reactive ketones (excluding diaryl/α,β-unsaturated/α-hetero) is 1. The molecule has 15 nitrogen and oxygen atoms in total. The molecule has 680 valence electrons. The summed E-state index contributed by atoms with van der Waals surface area (Å²) in [5.74, 6) is 23.0. The molecule has 45 atom stereocenters. The number of aliphatic hydroxyl groups is 9. The van der Waals surface area contributed by atoms with Gasteiger partial charge in [0.05, 0.1) is 34.6 Å². The standard InChI is InChI=1S/C24H32O4.C24H38O4.C24H34O4.C24H30O3.8CH4.ClH/c1-21-6-3-12(25)11-23(21,27)16-9-13(16)19-15(21)4-7-22(2)20(19)14-10-17(14)24(22)8-5-18(26)28-24;2*1-21-7-4-13(26)12-24(21,28)17-10-14(17)19-16(21)5-8-22(2)20(19)15-11-18(15)23(22,27)6-3-9-25;1-22-6-3-12(25)9-17(22)13-10-14(13)20-16(22)4-7-23(2)21(20)15-11-18(15)24(23)8-5-19(26)27-24;;;;;;;;;/h13-17,19-20,27H,3-11H2,1-2H3;13-20,25-28H,3-12H2,1-2H3;13-20,25-28H,4-5,7-12H2,1-2H3;9,13-16,18,20-21H,3-8,10-11H2,1-2H3;8*1H4;1H/t13?,14?,15?,16-,17+,19?,20?,21-,22+,23-,24+;13?,14?,15?,16?,17-,18+,19?,20?,21-,22+,23+,24-;13-,14?,15?,16?,17+,18-,19?,20?,21+,22-,23-,24+;13-,14?,15?,16?,18+,20?,21?,22-,23+,24+;;;;;;;;;/m1101........./s1. The molecule has 0 aromatic rings. The summed E-state index contributed by atoms with van der Waals surface area (Å²) < 4.78 is 12.4. The van der Waals surface area contributed by atoms with Crippen LogP contribution in [0.5, 0.6) is 0 Å². The van der Waals surface area contributed by atoms with Gasteiger partial charge in [0.25, 0.3) is 0 Å². The Morgan fingerprint density at radius 3 is 1.28 bits per heavy atom. The van der Waals surface area contributed by atoms with Gasteiger partial charge in [0.15, 0.2) is 5.78 Å². The van der Waals surface area contributed by atoms with Gasteiger partial charge in [-0.05, 0) is 343 Å². The zero-order chi connectivity index (χ0) is 77.0. The summed E-state index contributed by atoms with van der Waals surface area (Å²) in [7, 11) is 0. The highest BCUT2D eigenvalue weighted by Gasteiger charge is 2.88. The lowest BCUT2D eigenvalue weighted by molar-refractivity contribution is -0.237. The van der Waals surface area contributed by atoms with Gasteiger partial charge >= 0.3 is 11.9 Å². The number of allylic oxidation sites excluding steroid dienone is 1. The Labute approximate surface area is 730 Å². The predicted octanol–water partition coefficient (Wildman–Crippen LogP) is 18.0. The van der Waals surface area contributed by atoms with Gasteiger partial charge in [0, 0.05) is 91.0 Å². The van der Waals surface area contributed by atoms with Crippen LogP contribution in [0.1, 0.15) is 327 Å². The smallest absolute Gasteiger partial charge is 0.306 e. The van der Waals surface area contributed by atoms with E-state index in [1.807, 2.05) is 0 Å². The van der Waals surface area contributed by atoms with Crippen molar-refractivity contribution in [3.05, 3.63) is 11.6 Å². The highest BCUT2D eigenvalue weighted by molar-refractivity contribution is 5.92. The minimum absolute atomic E-state index is 0. The molecule has 23 saturated carbocycles. The van der Waals surface area contributed by atoms with Crippen LogP contribution in [0, 0.1) is 221 Å². The third-order valence-electron chi connectivity index (χ3n) is 44.9. The number of fused-ring (bicyclic) bond motifs is 44. The van der Waals surface area contributed by atoms with Crippen LogP contribution in [0.3, 0.4) is 0 Å². The fraction of sp³-hybridized carbons (Fsp3) is 0.923. The number of carbonyl (C=O) groups excluding carboxylic acids is 4. The number of hydrogen-bond acceptors (Lipinski definition) is 15. The van der Waals surface area contributed by atoms with Crippen LogP contribution in [0.25, 0.3) is 0 Å². The van der Waals surface area contributed by atoms with E-state index in [0.717, 1.165) is 164 Å². The first-order valence-corrected chi connectivity index (χ1v) is 46.5. The zero-order valence-corrected chi connectivity index (χ0v) is 69.3. The molecule has 2 saturated heterocycles. The predicted molar refractivity (Wildman–Crippen MR) is 470 cm³/mol. The Hall–Kier alpha value is -2.49. The Morgan fingerprint density at radius 1 is 0.400 bits per heavy atom. The molecule has 0 radical (unpaired) electrons. The number of esters is 2. The van der Waals surface area contributed by atoms with Crippen LogP contribution in [-0.2, 0) is 28.7 Å². The van der Waals surface area contributed by atoms with Gasteiger partial charge in [-0.1, -0.05) is 132 Å². The summed E-state index contributed by atoms with van der Waals surface area (Å²) in [6.45, 7) is 19.0. The fourth-order valence-electron chi connectivity index (χ4n) is 39.8. The van der Waals surface area contributed by atoms with Crippen LogP contribution in [-0.4, -0.2) is 134 Å². The molecule has 16 heteroatoms. The normalized spacial score (nSPS) is 60.1. The Morgan fingerprint density at radius 2 is 0.800 bits per heavy atom. The van der Waals surface area contributed by atoms with E-state index in [1.54, 1.807) is 0 Å². The summed E-state index contributed by atoms with van der Waals surface area (Å²) in [4.78, 5) is 48.7. The van der Waals surface area contributed by atoms with Gasteiger partial charge < -0.3 is 55.4 Å². The number of aliphatic hydroxyl groups excluding tert-OH is 4. The Kier molecular flexibility index (Phi) is 22.4. The molecule has 24 aliphatic carbocycles. The summed E-state index contributed by atoms with van der Waals surface area (Å²) in [6.07, 6.45) is 32.6. The molecule has 0 aromatic carbocycles. The lowest BCUT2D eigenvalue weighted by Crippen LogP contribution is -2.65. The third kappa shape index (κ3) is 11.0. The van der Waals surface area contributed by atoms with Crippen molar-refractivity contribution < 1.29 is 74.6 Å². The van der Waals surface area contributed by atoms with E-state index in [-0.39, 0.29) is 175 Å². The molecule has 0 bridgehead atoms. The lowest BCUT2D eigenvalue weighted by atomic mass is 9.42. The van der Waals surface area contributed by atoms with Gasteiger partial charge in [-0.3, -0.25) is 19.2 Å². The molecular weight excluding hydrogens is 1520 g/mol. The van der Waals surface area contributed by atoms with Crippen LogP contribution in [0.15, 0.2) is 11.6 Å². The van der Waals surface area contributed by atoms with E-state index in [9.17, 15) is 65.1 Å². The second-order valence-corrected chi connectivity index (χ2v) is 47.4. The molecule has 9 N–H and O–H groups in total. The second-order valence-electron chi connectivity index (χ2n) is 47.4. The van der Waals surface area contributed by atoms with Crippen LogP contribution >= 0.6 is 12.4 Å². The van der Waals surface area contributed by atoms with Crippen molar-refractivity contribution in [3.63, 3.8) is 0 Å². The maximum atomic E-state index is 12.3. The van der Waals surface area contributed by atoms with Crippen LogP contribution in [0.2, 0.25) is 0 Å². The molecule has 26 rings (SSSR count). The quantitative estimate of drug-likeness (QED) is 0.0939. The van der Waals surface area contributed by atoms with E-state index < -0.39 is 28.0 Å². The van der Waals surface area contributed by atoms with Crippen molar-refractivity contribution in [2.24, 2.45) is 209 Å². The minimum Gasteiger partial charge on any atom is -0.458 e. The topological polar surface area (TPSA) is 269 Å². The van der Waals surface area contributed by atoms with Crippen LogP contribution in [0.4, 0.5) is 0 Å². The van der Waals surface area contributed by atoms with Crippen molar-refractivity contribution >= 4 is 35.9 Å². The van der Waals surface area contributed by atoms with Crippen molar-refractivity contribution in [3.8, 4) is 11.8 Å². The Bertz CT molecular complexity index is 4170. The molecular formula is C104H167ClO15. The molecule has 120 heavy (non-hydrogen) atoms. The average molecular weight is 1690 g/mol. The molecule has 2 aliphatic heterocycles. The molecule has 26 aliphatic rings. The molecule has 2 heterocycles. The summed E-state index contributed by atoms with van der Waals surface area (Å²) >= 11 is 0. The average Bonchev–Trinajstić information content (AvgIpc) is 1.48. The summed E-state index contributed by atoms with van der Waals surface area (Å²) in [6, 6.07) is 0. The SMILES string of the molecule is C.C.C.C.C.C.C.C.C[C@]12CCC(=O)C=C1[C@@H]1CC1C1C2CC[C@@]2(C)C1C1C[C@@H]1[C@@]21CCC(=O)O1.C[C@]12CCC3C(C4C[C@H]4[C@]4(O)CC(=O)CC[C@]34C)C1C1C[C@@H]1[C@@]21CCC(=O)O1.C[C@]12CCC3C(C4C[C@H]4[C@]4(O)CC(O)CC[C@]34C)C1C1C[C@@H]1[C@@]2(O)CCCO.C[C@]12CCC3C(C4C[C@H]4[C@]4(O)C[C@@H](O)CC[C@]34C)C1C1C[C@@H]1[C@@]2(O)C#CCO.Cl. The van der Waals surface area contributed by atoms with Crippen LogP contribution < -0.4 is 0 Å². The highest BCUT2D eigenvalue weighted by atomic mass is 35.5. The van der Waals surface area contributed by atoms with E-state index >= 15 is 0 Å². The molecule has 2 spiro atoms. The number of hydrogen-bond donors (Lipinski definition) is 9. The Balaban J connectivity index is 0.000000128. The van der Waals surface area contributed by atoms with Gasteiger partial charge in [-0.25, -0.2) is 0 Å². The number of ketones is 2. The van der Waals surface area contributed by atoms with Gasteiger partial charge in [-0.15, -0.1) is 12.4 Å². The number of ether oxygens (including phenoxy) is 2. The number of halogens is 1. The first-order valence-electron chi connectivity index (χ1n) is 46.5. The molecule has 0 amide bonds. The van der Waals surface area contributed by atoms with E-state index in [1.165, 1.54) is 44.1 Å². The first-order chi connectivity index (χ1) is 52.6. The van der Waals surface area contributed by atoms with E-state index in [2.05, 4.69) is 73.3 Å². The van der Waals surface area contributed by atoms with Gasteiger partial charge in [0.1, 0.15) is 29.2 Å². The minimum atomic E-state index is -0.960. The number of carbonyl (C=O) groups is 4. The van der Waals surface area contributed by atoms with Gasteiger partial charge in [0.2, 0.25) is 0 Å². The maximum absolute atomic E-state index is 12.3. The number of rotatable bonds is 3. The summed E-state index contributed by atoms with van der Waals surface area (Å²) in [5, 5.41) is 98.3. The molecule has 21 unspecified atom stereocenters. The van der Waals surface area contributed by atoms with E-state index in [0.29, 0.717) is 175 Å². The molecule has 25 fully saturated rings. The first kappa shape index (κ1) is 93.7. The van der Waals surface area contributed by atoms with E-state index in [4.69, 9.17) is 9.47 Å². The lowest BCUT2D eigenvalue weighted by Gasteiger charge is -2.64. The van der Waals surface area contributed by atoms with Crippen molar-refractivity contribution in [2.75, 3.05) is 13.2 Å². The summed E-state index contributed by atoms with van der Waals surface area (Å²) in [5.41, 5.74) is -2.46. The van der Waals surface area contributed by atoms with Crippen molar-refractivity contribution in [1.82, 2.24) is 0 Å². The maximum Gasteiger partial charge on any atom is 0.306 e. The zero-order valence-electron chi connectivity index (χ0n) is 68.5. The fourth-order valence-corrected chi connectivity index (χ4v) is 39.8.